The Bertz CT molecular complexity index is 145. The highest BCUT2D eigenvalue weighted by Gasteiger charge is 2.15. The van der Waals surface area contributed by atoms with Crippen molar-refractivity contribution in [1.29, 1.82) is 0 Å². The molecule has 0 rings (SSSR count). The third-order valence-corrected chi connectivity index (χ3v) is 1.21. The Labute approximate surface area is 60.8 Å². The topological polar surface area (TPSA) is 72.8 Å². The summed E-state index contributed by atoms with van der Waals surface area (Å²) in [4.78, 5) is 10.5. The van der Waals surface area contributed by atoms with Crippen LogP contribution in [0.5, 0.6) is 0 Å². The molecule has 0 spiro atoms. The Morgan fingerprint density at radius 3 is 2.50 bits per heavy atom. The standard InChI is InChI=1S/C4H8O5S/c1-3(4(5)8-2)9-10(6)7/h3H,1-2H3,(H,6,7). The molecule has 0 aromatic rings. The van der Waals surface area contributed by atoms with Gasteiger partial charge in [-0.1, -0.05) is 0 Å². The van der Waals surface area contributed by atoms with Gasteiger partial charge in [-0.05, 0) is 6.92 Å². The van der Waals surface area contributed by atoms with E-state index in [2.05, 4.69) is 8.92 Å². The highest BCUT2D eigenvalue weighted by Crippen LogP contribution is 1.94. The second-order valence-electron chi connectivity index (χ2n) is 1.48. The lowest BCUT2D eigenvalue weighted by atomic mass is 10.4. The van der Waals surface area contributed by atoms with E-state index in [0.717, 1.165) is 0 Å². The van der Waals surface area contributed by atoms with Gasteiger partial charge in [0, 0.05) is 0 Å². The molecule has 0 heterocycles. The monoisotopic (exact) mass is 168 g/mol. The number of ether oxygens (including phenoxy) is 1. The van der Waals surface area contributed by atoms with E-state index in [-0.39, 0.29) is 0 Å². The number of hydrogen-bond donors (Lipinski definition) is 1. The molecule has 5 nitrogen and oxygen atoms in total. The lowest BCUT2D eigenvalue weighted by Crippen LogP contribution is -2.22. The molecule has 0 aliphatic carbocycles. The van der Waals surface area contributed by atoms with Crippen molar-refractivity contribution in [2.45, 2.75) is 13.0 Å². The van der Waals surface area contributed by atoms with E-state index in [1.165, 1.54) is 14.0 Å². The fourth-order valence-electron chi connectivity index (χ4n) is 0.329. The molecule has 0 aliphatic rings. The molecule has 0 aromatic carbocycles. The Kier molecular flexibility index (Phi) is 4.17. The van der Waals surface area contributed by atoms with Crippen LogP contribution in [0.1, 0.15) is 6.92 Å². The van der Waals surface area contributed by atoms with Gasteiger partial charge in [-0.15, -0.1) is 0 Å². The van der Waals surface area contributed by atoms with Crippen LogP contribution in [0.2, 0.25) is 0 Å². The van der Waals surface area contributed by atoms with Crippen LogP contribution in [-0.2, 0) is 25.1 Å². The lowest BCUT2D eigenvalue weighted by Gasteiger charge is -2.04. The molecule has 0 aromatic heterocycles. The molecule has 0 radical (unpaired) electrons. The van der Waals surface area contributed by atoms with E-state index < -0.39 is 23.4 Å². The number of hydrogen-bond acceptors (Lipinski definition) is 4. The predicted molar refractivity (Wildman–Crippen MR) is 33.3 cm³/mol. The van der Waals surface area contributed by atoms with Gasteiger partial charge in [0.15, 0.2) is 6.10 Å². The van der Waals surface area contributed by atoms with Crippen molar-refractivity contribution in [3.05, 3.63) is 0 Å². The normalized spacial score (nSPS) is 15.9. The maximum atomic E-state index is 10.5. The Morgan fingerprint density at radius 2 is 2.20 bits per heavy atom. The van der Waals surface area contributed by atoms with Gasteiger partial charge in [-0.3, -0.25) is 8.74 Å². The molecule has 2 atom stereocenters. The first-order valence-electron chi connectivity index (χ1n) is 2.43. The fourth-order valence-corrected chi connectivity index (χ4v) is 0.654. The summed E-state index contributed by atoms with van der Waals surface area (Å²) < 4.78 is 26.4. The second kappa shape index (κ2) is 4.37. The van der Waals surface area contributed by atoms with E-state index >= 15 is 0 Å². The molecule has 0 amide bonds. The summed E-state index contributed by atoms with van der Waals surface area (Å²) in [5.74, 6) is -0.678. The molecule has 1 N–H and O–H groups in total. The fraction of sp³-hybridized carbons (Fsp3) is 0.750. The minimum atomic E-state index is -2.42. The molecule has 0 aliphatic heterocycles. The van der Waals surface area contributed by atoms with Gasteiger partial charge in [0.05, 0.1) is 7.11 Å². The van der Waals surface area contributed by atoms with Gasteiger partial charge in [-0.2, -0.15) is 4.21 Å². The van der Waals surface area contributed by atoms with Crippen molar-refractivity contribution in [3.8, 4) is 0 Å². The van der Waals surface area contributed by atoms with Crippen LogP contribution in [0.15, 0.2) is 0 Å². The maximum Gasteiger partial charge on any atom is 0.336 e. The molecular formula is C4H8O5S. The van der Waals surface area contributed by atoms with Crippen molar-refractivity contribution >= 4 is 17.3 Å². The lowest BCUT2D eigenvalue weighted by molar-refractivity contribution is -0.147. The zero-order valence-electron chi connectivity index (χ0n) is 5.57. The second-order valence-corrected chi connectivity index (χ2v) is 2.11. The Morgan fingerprint density at radius 1 is 1.70 bits per heavy atom. The van der Waals surface area contributed by atoms with Crippen molar-refractivity contribution in [3.63, 3.8) is 0 Å². The van der Waals surface area contributed by atoms with E-state index in [1.54, 1.807) is 0 Å². The van der Waals surface area contributed by atoms with Crippen LogP contribution < -0.4 is 0 Å². The predicted octanol–water partition coefficient (Wildman–Crippen LogP) is -0.299. The van der Waals surface area contributed by atoms with Crippen LogP contribution in [0.3, 0.4) is 0 Å². The number of methoxy groups -OCH3 is 1. The van der Waals surface area contributed by atoms with Gasteiger partial charge in [-0.25, -0.2) is 4.79 Å². The van der Waals surface area contributed by atoms with Crippen molar-refractivity contribution in [1.82, 2.24) is 0 Å². The maximum absolute atomic E-state index is 10.5. The zero-order chi connectivity index (χ0) is 8.15. The van der Waals surface area contributed by atoms with E-state index in [0.29, 0.717) is 0 Å². The van der Waals surface area contributed by atoms with Crippen molar-refractivity contribution < 1.29 is 22.5 Å². The minimum absolute atomic E-state index is 0.678. The van der Waals surface area contributed by atoms with Gasteiger partial charge >= 0.3 is 17.3 Å². The average molecular weight is 168 g/mol. The van der Waals surface area contributed by atoms with E-state index in [4.69, 9.17) is 4.55 Å². The van der Waals surface area contributed by atoms with Crippen LogP contribution in [0, 0.1) is 0 Å². The zero-order valence-corrected chi connectivity index (χ0v) is 6.38. The van der Waals surface area contributed by atoms with Crippen molar-refractivity contribution in [2.75, 3.05) is 7.11 Å². The number of carbonyl (C=O) groups is 1. The van der Waals surface area contributed by atoms with Crippen LogP contribution in [-0.4, -0.2) is 27.9 Å². The SMILES string of the molecule is COC(=O)C(C)OS(=O)O. The highest BCUT2D eigenvalue weighted by molar-refractivity contribution is 7.74. The third-order valence-electron chi connectivity index (χ3n) is 0.760. The van der Waals surface area contributed by atoms with E-state index in [9.17, 15) is 9.00 Å². The number of rotatable bonds is 3. The summed E-state index contributed by atoms with van der Waals surface area (Å²) in [6, 6.07) is 0. The van der Waals surface area contributed by atoms with Gasteiger partial charge < -0.3 is 4.74 Å². The molecule has 0 saturated heterocycles. The molecule has 0 saturated carbocycles. The van der Waals surface area contributed by atoms with E-state index in [1.807, 2.05) is 0 Å². The number of carbonyl (C=O) groups excluding carboxylic acids is 1. The summed E-state index contributed by atoms with van der Waals surface area (Å²) >= 11 is -2.42. The summed E-state index contributed by atoms with van der Waals surface area (Å²) in [5.41, 5.74) is 0. The van der Waals surface area contributed by atoms with Gasteiger partial charge in [0.25, 0.3) is 0 Å². The summed E-state index contributed by atoms with van der Waals surface area (Å²) in [7, 11) is 1.17. The largest absolute Gasteiger partial charge is 0.467 e. The summed E-state index contributed by atoms with van der Waals surface area (Å²) in [6.45, 7) is 1.32. The quantitative estimate of drug-likeness (QED) is 0.462. The van der Waals surface area contributed by atoms with Crippen LogP contribution >= 0.6 is 0 Å². The number of esters is 1. The molecule has 6 heteroatoms. The molecule has 10 heavy (non-hydrogen) atoms. The molecule has 2 unspecified atom stereocenters. The Hall–Kier alpha value is -0.460. The smallest absolute Gasteiger partial charge is 0.336 e. The molecule has 60 valence electrons. The minimum Gasteiger partial charge on any atom is -0.467 e. The van der Waals surface area contributed by atoms with Crippen molar-refractivity contribution in [2.24, 2.45) is 0 Å². The Balaban J connectivity index is 3.72. The highest BCUT2D eigenvalue weighted by atomic mass is 32.2. The third kappa shape index (κ3) is 3.54. The first kappa shape index (κ1) is 9.54. The van der Waals surface area contributed by atoms with Gasteiger partial charge in [0.1, 0.15) is 0 Å². The van der Waals surface area contributed by atoms with Crippen LogP contribution in [0.25, 0.3) is 0 Å². The van der Waals surface area contributed by atoms with Gasteiger partial charge in [0.2, 0.25) is 0 Å². The first-order valence-corrected chi connectivity index (χ1v) is 3.47. The summed E-state index contributed by atoms with van der Waals surface area (Å²) in [5, 5.41) is 0. The average Bonchev–Trinajstić information content (AvgIpc) is 1.85. The molecular weight excluding hydrogens is 160 g/mol. The first-order chi connectivity index (χ1) is 4.57. The summed E-state index contributed by atoms with van der Waals surface area (Å²) in [6.07, 6.45) is -1.00. The molecule has 0 fully saturated rings. The van der Waals surface area contributed by atoms with Crippen LogP contribution in [0.4, 0.5) is 0 Å². The molecule has 0 bridgehead atoms.